The largest absolute Gasteiger partial charge is 0.254 e. The fourth-order valence-corrected chi connectivity index (χ4v) is 12.3. The molecule has 0 aliphatic carbocycles. The number of benzene rings is 8. The zero-order chi connectivity index (χ0) is 60.9. The summed E-state index contributed by atoms with van der Waals surface area (Å²) in [4.78, 5) is 55.7. The molecule has 0 amide bonds. The second-order valence-corrected chi connectivity index (χ2v) is 22.5. The van der Waals surface area contributed by atoms with Gasteiger partial charge in [0.05, 0.1) is 55.5 Å². The van der Waals surface area contributed by atoms with Gasteiger partial charge in [-0.25, -0.2) is 39.9 Å². The third-order valence-electron chi connectivity index (χ3n) is 16.9. The Balaban J connectivity index is 0.000000141. The molecule has 0 saturated heterocycles. The van der Waals surface area contributed by atoms with E-state index >= 15 is 0 Å². The van der Waals surface area contributed by atoms with E-state index in [0.29, 0.717) is 11.6 Å². The van der Waals surface area contributed by atoms with Gasteiger partial charge in [-0.15, -0.1) is 0 Å². The maximum atomic E-state index is 5.02. The highest BCUT2D eigenvalue weighted by Crippen LogP contribution is 2.37. The van der Waals surface area contributed by atoms with Gasteiger partial charge in [-0.05, 0) is 148 Å². The first-order valence-corrected chi connectivity index (χ1v) is 30.2. The number of hydrogen-bond donors (Lipinski definition) is 0. The Hall–Kier alpha value is -12.8. The summed E-state index contributed by atoms with van der Waals surface area (Å²) in [6, 6.07) is 83.6. The topological polar surface area (TPSA) is 155 Å². The third-order valence-corrected chi connectivity index (χ3v) is 16.9. The Morgan fingerprint density at radius 3 is 1.13 bits per heavy atom. The van der Waals surface area contributed by atoms with Crippen molar-refractivity contribution in [1.29, 1.82) is 0 Å². The summed E-state index contributed by atoms with van der Waals surface area (Å²) in [6.07, 6.45) is 14.3. The molecule has 18 aromatic rings. The summed E-state index contributed by atoms with van der Waals surface area (Å²) in [5, 5.41) is 8.67. The SMILES string of the molecule is c1cnc(-c2ccc3ccc(-c4ccc5nc(-c6ccc(-c7cc8cccnc8c8ncccc78)cc6)ccc5c4)cc3n2)nc1.c1cnc(-c2ccc3ccc(-c4ccc5nc(-c6ccc(-c7ccnc8c7ccc7cccnc78)cc6)ccc5c4)cc3n2)nc1. The van der Waals surface area contributed by atoms with Crippen molar-refractivity contribution in [2.75, 3.05) is 0 Å². The van der Waals surface area contributed by atoms with E-state index in [1.807, 2.05) is 55.1 Å². The second kappa shape index (κ2) is 22.7. The highest BCUT2D eigenvalue weighted by molar-refractivity contribution is 6.11. The van der Waals surface area contributed by atoms with Crippen LogP contribution in [-0.4, -0.2) is 59.8 Å². The molecule has 0 aliphatic heterocycles. The molecule has 0 N–H and O–H groups in total. The molecule has 12 heteroatoms. The Kier molecular flexibility index (Phi) is 13.2. The van der Waals surface area contributed by atoms with E-state index in [0.717, 1.165) is 166 Å². The van der Waals surface area contributed by atoms with Crippen LogP contribution < -0.4 is 0 Å². The molecule has 0 fully saturated rings. The van der Waals surface area contributed by atoms with Crippen molar-refractivity contribution in [3.8, 4) is 90.1 Å². The van der Waals surface area contributed by atoms with Gasteiger partial charge in [-0.3, -0.25) is 19.9 Å². The first-order chi connectivity index (χ1) is 45.5. The maximum absolute atomic E-state index is 5.02. The lowest BCUT2D eigenvalue weighted by Gasteiger charge is -2.11. The highest BCUT2D eigenvalue weighted by Gasteiger charge is 2.15. The van der Waals surface area contributed by atoms with Crippen LogP contribution in [-0.2, 0) is 0 Å². The summed E-state index contributed by atoms with van der Waals surface area (Å²) in [7, 11) is 0. The Labute approximate surface area is 526 Å². The molecule has 0 atom stereocenters. The number of hydrogen-bond acceptors (Lipinski definition) is 12. The van der Waals surface area contributed by atoms with Gasteiger partial charge in [-0.1, -0.05) is 140 Å². The van der Waals surface area contributed by atoms with Crippen molar-refractivity contribution >= 4 is 87.2 Å². The normalized spacial score (nSPS) is 11.5. The van der Waals surface area contributed by atoms with Crippen molar-refractivity contribution in [1.82, 2.24) is 59.8 Å². The van der Waals surface area contributed by atoms with Crippen LogP contribution >= 0.6 is 0 Å². The summed E-state index contributed by atoms with van der Waals surface area (Å²) < 4.78 is 0. The Bertz CT molecular complexity index is 5860. The monoisotopic (exact) mass is 1180 g/mol. The zero-order valence-electron chi connectivity index (χ0n) is 49.1. The first kappa shape index (κ1) is 53.4. The van der Waals surface area contributed by atoms with Crippen molar-refractivity contribution < 1.29 is 0 Å². The molecule has 92 heavy (non-hydrogen) atoms. The van der Waals surface area contributed by atoms with Crippen LogP contribution in [0.3, 0.4) is 0 Å². The molecule has 428 valence electrons. The maximum Gasteiger partial charge on any atom is 0.178 e. The van der Waals surface area contributed by atoms with Gasteiger partial charge in [0.1, 0.15) is 11.4 Å². The van der Waals surface area contributed by atoms with E-state index < -0.39 is 0 Å². The fourth-order valence-electron chi connectivity index (χ4n) is 12.3. The van der Waals surface area contributed by atoms with Crippen LogP contribution in [0.5, 0.6) is 0 Å². The van der Waals surface area contributed by atoms with Crippen LogP contribution in [0.2, 0.25) is 0 Å². The fraction of sp³-hybridized carbons (Fsp3) is 0. The number of rotatable bonds is 8. The van der Waals surface area contributed by atoms with E-state index in [-0.39, 0.29) is 0 Å². The minimum atomic E-state index is 0.619. The van der Waals surface area contributed by atoms with Crippen molar-refractivity contribution in [2.45, 2.75) is 0 Å². The van der Waals surface area contributed by atoms with Crippen LogP contribution in [0.1, 0.15) is 0 Å². The molecule has 0 saturated carbocycles. The first-order valence-electron chi connectivity index (χ1n) is 30.2. The van der Waals surface area contributed by atoms with Crippen LogP contribution in [0.25, 0.3) is 177 Å². The molecule has 12 nitrogen and oxygen atoms in total. The average molecular weight is 1180 g/mol. The van der Waals surface area contributed by atoms with Crippen molar-refractivity contribution in [3.05, 3.63) is 292 Å². The quantitative estimate of drug-likeness (QED) is 0.133. The van der Waals surface area contributed by atoms with Crippen molar-refractivity contribution in [2.24, 2.45) is 0 Å². The molecule has 10 heterocycles. The van der Waals surface area contributed by atoms with Crippen LogP contribution in [0.4, 0.5) is 0 Å². The molecule has 0 unspecified atom stereocenters. The molecular formula is C80H48N12. The van der Waals surface area contributed by atoms with Gasteiger partial charge in [0.25, 0.3) is 0 Å². The lowest BCUT2D eigenvalue weighted by molar-refractivity contribution is 1.15. The Morgan fingerprint density at radius 1 is 0.185 bits per heavy atom. The molecule has 18 rings (SSSR count). The standard InChI is InChI=1S/2C40H24N6/c1-4-31-23-33(32-5-2-19-42-39(32)38(31)41-18-1)25-6-8-26(9-7-25)34-16-14-30-22-28(13-15-35(30)45-34)29-11-10-27-12-17-36(46-37(27)24-29)40-43-20-3-21-44-40;1-3-28-10-14-33-32(18-22-42-39(33)38(28)41-19-1)25-4-6-26(7-5-25)34-16-13-31-23-29(12-15-35(31)45-34)30-9-8-27-11-17-36(46-37(27)24-30)40-43-20-2-21-44-40/h2*1-24H. The predicted octanol–water partition coefficient (Wildman–Crippen LogP) is 18.7. The summed E-state index contributed by atoms with van der Waals surface area (Å²) >= 11 is 0. The molecule has 0 bridgehead atoms. The summed E-state index contributed by atoms with van der Waals surface area (Å²) in [5.74, 6) is 1.24. The highest BCUT2D eigenvalue weighted by atomic mass is 14.9. The average Bonchev–Trinajstić information content (AvgIpc) is 0.969. The minimum Gasteiger partial charge on any atom is -0.254 e. The molecule has 0 spiro atoms. The smallest absolute Gasteiger partial charge is 0.178 e. The van der Waals surface area contributed by atoms with Crippen LogP contribution in [0, 0.1) is 0 Å². The van der Waals surface area contributed by atoms with Gasteiger partial charge < -0.3 is 0 Å². The lowest BCUT2D eigenvalue weighted by atomic mass is 9.96. The summed E-state index contributed by atoms with van der Waals surface area (Å²) in [5.41, 5.74) is 21.9. The molecular weight excluding hydrogens is 1130 g/mol. The lowest BCUT2D eigenvalue weighted by Crippen LogP contribution is -1.91. The minimum absolute atomic E-state index is 0.619. The van der Waals surface area contributed by atoms with E-state index in [9.17, 15) is 0 Å². The van der Waals surface area contributed by atoms with E-state index in [1.165, 1.54) is 0 Å². The molecule has 10 aromatic heterocycles. The molecule has 0 aliphatic rings. The molecule has 8 aromatic carbocycles. The number of fused-ring (bicyclic) bond motifs is 10. The third kappa shape index (κ3) is 10.0. The van der Waals surface area contributed by atoms with Crippen molar-refractivity contribution in [3.63, 3.8) is 0 Å². The van der Waals surface area contributed by atoms with Gasteiger partial charge in [-0.2, -0.15) is 0 Å². The van der Waals surface area contributed by atoms with E-state index in [1.54, 1.807) is 36.9 Å². The number of aromatic nitrogens is 12. The van der Waals surface area contributed by atoms with Gasteiger partial charge in [0.2, 0.25) is 0 Å². The Morgan fingerprint density at radius 2 is 0.565 bits per heavy atom. The summed E-state index contributed by atoms with van der Waals surface area (Å²) in [6.45, 7) is 0. The van der Waals surface area contributed by atoms with Gasteiger partial charge >= 0.3 is 0 Å². The second-order valence-electron chi connectivity index (χ2n) is 22.5. The van der Waals surface area contributed by atoms with Gasteiger partial charge in [0, 0.05) is 104 Å². The predicted molar refractivity (Wildman–Crippen MR) is 370 cm³/mol. The van der Waals surface area contributed by atoms with E-state index in [4.69, 9.17) is 19.9 Å². The number of pyridine rings is 8. The number of nitrogens with zero attached hydrogens (tertiary/aromatic N) is 12. The van der Waals surface area contributed by atoms with Gasteiger partial charge in [0.15, 0.2) is 11.6 Å². The van der Waals surface area contributed by atoms with E-state index in [2.05, 4.69) is 240 Å². The molecule has 0 radical (unpaired) electrons. The zero-order valence-corrected chi connectivity index (χ0v) is 49.1. The van der Waals surface area contributed by atoms with Crippen LogP contribution in [0.15, 0.2) is 292 Å².